The fraction of sp³-hybridized carbons (Fsp3) is 0.217. The first-order valence-electron chi connectivity index (χ1n) is 9.34. The number of hydrogen-bond donors (Lipinski definition) is 0. The van der Waals surface area contributed by atoms with Gasteiger partial charge in [0.2, 0.25) is 4.80 Å². The summed E-state index contributed by atoms with van der Waals surface area (Å²) >= 11 is 1.53. The van der Waals surface area contributed by atoms with E-state index >= 15 is 0 Å². The van der Waals surface area contributed by atoms with Crippen LogP contribution >= 0.6 is 11.3 Å². The van der Waals surface area contributed by atoms with E-state index in [1.165, 1.54) is 16.9 Å². The summed E-state index contributed by atoms with van der Waals surface area (Å²) in [6.45, 7) is 6.34. The third-order valence-electron chi connectivity index (χ3n) is 4.44. The Morgan fingerprint density at radius 3 is 2.30 bits per heavy atom. The van der Waals surface area contributed by atoms with Crippen molar-refractivity contribution in [1.29, 1.82) is 0 Å². The van der Waals surface area contributed by atoms with E-state index in [9.17, 15) is 0 Å². The zero-order chi connectivity index (χ0) is 21.5. The summed E-state index contributed by atoms with van der Waals surface area (Å²) in [6.07, 6.45) is 3.49. The van der Waals surface area contributed by atoms with Gasteiger partial charge in [0, 0.05) is 22.6 Å². The third kappa shape index (κ3) is 4.63. The molecule has 1 aromatic heterocycles. The minimum atomic E-state index is 0.517. The van der Waals surface area contributed by atoms with E-state index < -0.39 is 0 Å². The maximum absolute atomic E-state index is 5.51. The van der Waals surface area contributed by atoms with E-state index in [0.717, 1.165) is 21.6 Å². The third-order valence-corrected chi connectivity index (χ3v) is 5.29. The molecule has 0 spiro atoms. The molecule has 0 saturated heterocycles. The Morgan fingerprint density at radius 1 is 1.00 bits per heavy atom. The standard InChI is InChI=1S/C23H25N3O3S/c1-6-11-24-23-26(19(15-30-23)17-9-7-16(2)8-10-17)25-14-18-12-21(28-4)22(29-5)13-20(18)27-3/h6-10,12-15H,1,11H2,2-5H3. The van der Waals surface area contributed by atoms with Crippen molar-refractivity contribution in [2.75, 3.05) is 27.9 Å². The predicted molar refractivity (Wildman–Crippen MR) is 122 cm³/mol. The molecule has 0 N–H and O–H groups in total. The molecule has 0 aliphatic rings. The average molecular weight is 424 g/mol. The lowest BCUT2D eigenvalue weighted by atomic mass is 10.1. The lowest BCUT2D eigenvalue weighted by Crippen LogP contribution is -2.12. The van der Waals surface area contributed by atoms with E-state index in [4.69, 9.17) is 19.3 Å². The van der Waals surface area contributed by atoms with Gasteiger partial charge in [-0.05, 0) is 13.0 Å². The number of benzene rings is 2. The number of nitrogens with zero attached hydrogens (tertiary/aromatic N) is 3. The van der Waals surface area contributed by atoms with Crippen molar-refractivity contribution in [1.82, 2.24) is 4.68 Å². The quantitative estimate of drug-likeness (QED) is 0.395. The molecule has 3 aromatic rings. The minimum Gasteiger partial charge on any atom is -0.496 e. The molecule has 0 bridgehead atoms. The second kappa shape index (κ2) is 9.93. The maximum Gasteiger partial charge on any atom is 0.206 e. The Labute approximate surface area is 180 Å². The average Bonchev–Trinajstić information content (AvgIpc) is 3.18. The smallest absolute Gasteiger partial charge is 0.206 e. The van der Waals surface area contributed by atoms with Crippen LogP contribution in [-0.4, -0.2) is 38.8 Å². The summed E-state index contributed by atoms with van der Waals surface area (Å²) < 4.78 is 18.1. The van der Waals surface area contributed by atoms with Crippen LogP contribution in [0.5, 0.6) is 17.2 Å². The predicted octanol–water partition coefficient (Wildman–Crippen LogP) is 4.52. The first-order valence-corrected chi connectivity index (χ1v) is 10.2. The summed E-state index contributed by atoms with van der Waals surface area (Å²) in [4.78, 5) is 5.36. The molecule has 7 heteroatoms. The van der Waals surface area contributed by atoms with Gasteiger partial charge in [-0.15, -0.1) is 17.9 Å². The highest BCUT2D eigenvalue weighted by Gasteiger charge is 2.12. The van der Waals surface area contributed by atoms with Gasteiger partial charge in [0.1, 0.15) is 5.75 Å². The zero-order valence-corrected chi connectivity index (χ0v) is 18.4. The second-order valence-electron chi connectivity index (χ2n) is 6.40. The number of aromatic nitrogens is 1. The van der Waals surface area contributed by atoms with Gasteiger partial charge in [-0.3, -0.25) is 4.99 Å². The largest absolute Gasteiger partial charge is 0.496 e. The van der Waals surface area contributed by atoms with Crippen LogP contribution in [0.1, 0.15) is 11.1 Å². The van der Waals surface area contributed by atoms with Gasteiger partial charge in [0.15, 0.2) is 11.5 Å². The van der Waals surface area contributed by atoms with Gasteiger partial charge in [-0.2, -0.15) is 5.10 Å². The Morgan fingerprint density at radius 2 is 1.67 bits per heavy atom. The zero-order valence-electron chi connectivity index (χ0n) is 17.6. The molecule has 0 atom stereocenters. The van der Waals surface area contributed by atoms with Crippen molar-refractivity contribution in [3.8, 4) is 28.5 Å². The van der Waals surface area contributed by atoms with Crippen molar-refractivity contribution >= 4 is 17.6 Å². The van der Waals surface area contributed by atoms with E-state index in [1.807, 2.05) is 10.7 Å². The van der Waals surface area contributed by atoms with Crippen molar-refractivity contribution in [2.24, 2.45) is 10.1 Å². The summed E-state index contributed by atoms with van der Waals surface area (Å²) in [6, 6.07) is 11.9. The van der Waals surface area contributed by atoms with Crippen LogP contribution in [0.3, 0.4) is 0 Å². The molecular weight excluding hydrogens is 398 g/mol. The summed E-state index contributed by atoms with van der Waals surface area (Å²) in [5.74, 6) is 1.83. The number of thiazole rings is 1. The van der Waals surface area contributed by atoms with Crippen LogP contribution in [0.2, 0.25) is 0 Å². The molecule has 156 valence electrons. The summed E-state index contributed by atoms with van der Waals surface area (Å²) in [5, 5.41) is 6.78. The summed E-state index contributed by atoms with van der Waals surface area (Å²) in [7, 11) is 4.80. The van der Waals surface area contributed by atoms with Gasteiger partial charge in [0.25, 0.3) is 0 Å². The van der Waals surface area contributed by atoms with Gasteiger partial charge >= 0.3 is 0 Å². The van der Waals surface area contributed by atoms with Gasteiger partial charge in [-0.25, -0.2) is 4.68 Å². The molecule has 6 nitrogen and oxygen atoms in total. The van der Waals surface area contributed by atoms with Crippen LogP contribution in [0.25, 0.3) is 11.3 Å². The fourth-order valence-electron chi connectivity index (χ4n) is 2.86. The SMILES string of the molecule is C=CCN=c1scc(-c2ccc(C)cc2)n1N=Cc1cc(OC)c(OC)cc1OC. The maximum atomic E-state index is 5.51. The highest BCUT2D eigenvalue weighted by atomic mass is 32.1. The molecule has 0 amide bonds. The van der Waals surface area contributed by atoms with Crippen LogP contribution in [0, 0.1) is 6.92 Å². The molecular formula is C23H25N3O3S. The van der Waals surface area contributed by atoms with Crippen molar-refractivity contribution in [3.05, 3.63) is 70.4 Å². The molecule has 0 aliphatic carbocycles. The normalized spacial score (nSPS) is 11.7. The van der Waals surface area contributed by atoms with E-state index in [0.29, 0.717) is 23.8 Å². The van der Waals surface area contributed by atoms with Gasteiger partial charge in [0.05, 0.1) is 39.8 Å². The van der Waals surface area contributed by atoms with E-state index in [2.05, 4.69) is 48.1 Å². The molecule has 30 heavy (non-hydrogen) atoms. The first kappa shape index (κ1) is 21.4. The van der Waals surface area contributed by atoms with Crippen LogP contribution in [0.15, 0.2) is 64.5 Å². The number of aryl methyl sites for hydroxylation is 1. The lowest BCUT2D eigenvalue weighted by Gasteiger charge is -2.12. The lowest BCUT2D eigenvalue weighted by molar-refractivity contribution is 0.349. The topological polar surface area (TPSA) is 57.3 Å². The van der Waals surface area contributed by atoms with Gasteiger partial charge < -0.3 is 14.2 Å². The van der Waals surface area contributed by atoms with Crippen LogP contribution in [-0.2, 0) is 0 Å². The Hall–Kier alpha value is -3.32. The number of rotatable bonds is 8. The number of hydrogen-bond acceptors (Lipinski definition) is 6. The monoisotopic (exact) mass is 423 g/mol. The molecule has 0 saturated carbocycles. The number of methoxy groups -OCH3 is 3. The van der Waals surface area contributed by atoms with Crippen molar-refractivity contribution < 1.29 is 14.2 Å². The molecule has 3 rings (SSSR count). The minimum absolute atomic E-state index is 0.517. The van der Waals surface area contributed by atoms with Crippen molar-refractivity contribution in [3.63, 3.8) is 0 Å². The highest BCUT2D eigenvalue weighted by Crippen LogP contribution is 2.33. The highest BCUT2D eigenvalue weighted by molar-refractivity contribution is 7.07. The molecule has 0 aliphatic heterocycles. The fourth-order valence-corrected chi connectivity index (χ4v) is 3.71. The summed E-state index contributed by atoms with van der Waals surface area (Å²) in [5.41, 5.74) is 3.99. The Bertz CT molecular complexity index is 1110. The Balaban J connectivity index is 2.11. The van der Waals surface area contributed by atoms with Crippen LogP contribution in [0.4, 0.5) is 0 Å². The van der Waals surface area contributed by atoms with E-state index in [-0.39, 0.29) is 0 Å². The Kier molecular flexibility index (Phi) is 7.08. The molecule has 1 heterocycles. The molecule has 2 aromatic carbocycles. The van der Waals surface area contributed by atoms with E-state index in [1.54, 1.807) is 39.7 Å². The van der Waals surface area contributed by atoms with Crippen LogP contribution < -0.4 is 19.0 Å². The number of ether oxygens (including phenoxy) is 3. The molecule has 0 unspecified atom stereocenters. The van der Waals surface area contributed by atoms with Gasteiger partial charge in [-0.1, -0.05) is 35.9 Å². The molecule has 0 fully saturated rings. The second-order valence-corrected chi connectivity index (χ2v) is 7.24. The molecule has 0 radical (unpaired) electrons. The first-order chi connectivity index (χ1) is 14.6. The van der Waals surface area contributed by atoms with Crippen molar-refractivity contribution in [2.45, 2.75) is 6.92 Å².